The highest BCUT2D eigenvalue weighted by Gasteiger charge is 2.12. The molecule has 0 bridgehead atoms. The highest BCUT2D eigenvalue weighted by Crippen LogP contribution is 2.27. The molecular formula is C12H14ClN3. The Hall–Kier alpha value is -1.32. The summed E-state index contributed by atoms with van der Waals surface area (Å²) in [5, 5.41) is 11.0. The largest absolute Gasteiger partial charge is 0.313 e. The van der Waals surface area contributed by atoms with Gasteiger partial charge in [0.1, 0.15) is 0 Å². The van der Waals surface area contributed by atoms with Gasteiger partial charge in [0.05, 0.1) is 11.9 Å². The van der Waals surface area contributed by atoms with Gasteiger partial charge in [-0.15, -0.1) is 0 Å². The molecule has 0 aliphatic carbocycles. The number of aromatic nitrogens is 2. The Morgan fingerprint density at radius 3 is 2.94 bits per heavy atom. The Kier molecular flexibility index (Phi) is 3.27. The number of rotatable bonds is 3. The van der Waals surface area contributed by atoms with Crippen LogP contribution < -0.4 is 5.32 Å². The molecule has 3 nitrogen and oxygen atoms in total. The SMILES string of the molecule is CNC(C)c1cn[nH]c1-c1cccc(Cl)c1. The van der Waals surface area contributed by atoms with Gasteiger partial charge in [-0.1, -0.05) is 23.7 Å². The Morgan fingerprint density at radius 1 is 1.44 bits per heavy atom. The molecule has 16 heavy (non-hydrogen) atoms. The highest BCUT2D eigenvalue weighted by atomic mass is 35.5. The summed E-state index contributed by atoms with van der Waals surface area (Å²) >= 11 is 5.98. The Labute approximate surface area is 99.8 Å². The molecule has 1 unspecified atom stereocenters. The van der Waals surface area contributed by atoms with E-state index in [1.807, 2.05) is 37.5 Å². The van der Waals surface area contributed by atoms with Crippen molar-refractivity contribution in [2.75, 3.05) is 7.05 Å². The zero-order valence-electron chi connectivity index (χ0n) is 9.29. The number of nitrogens with zero attached hydrogens (tertiary/aromatic N) is 1. The van der Waals surface area contributed by atoms with Gasteiger partial charge in [0.25, 0.3) is 0 Å². The summed E-state index contributed by atoms with van der Waals surface area (Å²) < 4.78 is 0. The van der Waals surface area contributed by atoms with Crippen LogP contribution in [0.1, 0.15) is 18.5 Å². The molecule has 0 spiro atoms. The number of halogens is 1. The molecule has 84 valence electrons. The molecule has 0 radical (unpaired) electrons. The first-order valence-electron chi connectivity index (χ1n) is 5.19. The summed E-state index contributed by atoms with van der Waals surface area (Å²) in [6, 6.07) is 8.01. The third-order valence-corrected chi connectivity index (χ3v) is 2.92. The highest BCUT2D eigenvalue weighted by molar-refractivity contribution is 6.30. The fraction of sp³-hybridized carbons (Fsp3) is 0.250. The predicted molar refractivity (Wildman–Crippen MR) is 66.5 cm³/mol. The second kappa shape index (κ2) is 4.68. The second-order valence-corrected chi connectivity index (χ2v) is 4.16. The number of nitrogens with one attached hydrogen (secondary N) is 2. The van der Waals surface area contributed by atoms with E-state index in [4.69, 9.17) is 11.6 Å². The Morgan fingerprint density at radius 2 is 2.25 bits per heavy atom. The lowest BCUT2D eigenvalue weighted by Crippen LogP contribution is -2.12. The summed E-state index contributed by atoms with van der Waals surface area (Å²) in [5.41, 5.74) is 3.22. The first kappa shape index (κ1) is 11.2. The van der Waals surface area contributed by atoms with E-state index in [0.717, 1.165) is 21.8 Å². The van der Waals surface area contributed by atoms with Crippen LogP contribution in [-0.4, -0.2) is 17.2 Å². The average molecular weight is 236 g/mol. The molecule has 4 heteroatoms. The molecule has 0 saturated heterocycles. The maximum absolute atomic E-state index is 5.98. The second-order valence-electron chi connectivity index (χ2n) is 3.72. The fourth-order valence-corrected chi connectivity index (χ4v) is 1.84. The van der Waals surface area contributed by atoms with Crippen LogP contribution in [0.3, 0.4) is 0 Å². The van der Waals surface area contributed by atoms with E-state index in [2.05, 4.69) is 22.4 Å². The quantitative estimate of drug-likeness (QED) is 0.859. The van der Waals surface area contributed by atoms with Gasteiger partial charge < -0.3 is 5.32 Å². The lowest BCUT2D eigenvalue weighted by atomic mass is 10.0. The maximum atomic E-state index is 5.98. The van der Waals surface area contributed by atoms with Crippen LogP contribution in [0.25, 0.3) is 11.3 Å². The molecule has 0 aliphatic heterocycles. The van der Waals surface area contributed by atoms with Crippen molar-refractivity contribution in [2.24, 2.45) is 0 Å². The van der Waals surface area contributed by atoms with E-state index in [0.29, 0.717) is 0 Å². The fourth-order valence-electron chi connectivity index (χ4n) is 1.65. The summed E-state index contributed by atoms with van der Waals surface area (Å²) in [6.45, 7) is 2.10. The van der Waals surface area contributed by atoms with Crippen molar-refractivity contribution in [3.63, 3.8) is 0 Å². The number of aromatic amines is 1. The van der Waals surface area contributed by atoms with Gasteiger partial charge in [-0.2, -0.15) is 5.10 Å². The smallest absolute Gasteiger partial charge is 0.0698 e. The molecule has 0 amide bonds. The maximum Gasteiger partial charge on any atom is 0.0698 e. The van der Waals surface area contributed by atoms with E-state index in [1.54, 1.807) is 0 Å². The van der Waals surface area contributed by atoms with Gasteiger partial charge in [0.2, 0.25) is 0 Å². The molecule has 0 saturated carbocycles. The van der Waals surface area contributed by atoms with Crippen molar-refractivity contribution in [1.29, 1.82) is 0 Å². The van der Waals surface area contributed by atoms with E-state index >= 15 is 0 Å². The minimum atomic E-state index is 0.257. The van der Waals surface area contributed by atoms with Crippen LogP contribution >= 0.6 is 11.6 Å². The van der Waals surface area contributed by atoms with Crippen molar-refractivity contribution < 1.29 is 0 Å². The predicted octanol–water partition coefficient (Wildman–Crippen LogP) is 3.01. The Bertz CT molecular complexity index is 479. The topological polar surface area (TPSA) is 40.7 Å². The zero-order valence-corrected chi connectivity index (χ0v) is 10.0. The molecule has 1 heterocycles. The van der Waals surface area contributed by atoms with Crippen molar-refractivity contribution in [3.05, 3.63) is 41.0 Å². The van der Waals surface area contributed by atoms with Gasteiger partial charge >= 0.3 is 0 Å². The molecule has 2 N–H and O–H groups in total. The van der Waals surface area contributed by atoms with Crippen LogP contribution in [0.2, 0.25) is 5.02 Å². The normalized spacial score (nSPS) is 12.7. The number of benzene rings is 1. The molecule has 2 aromatic rings. The zero-order chi connectivity index (χ0) is 11.5. The summed E-state index contributed by atoms with van der Waals surface area (Å²) in [5.74, 6) is 0. The monoisotopic (exact) mass is 235 g/mol. The minimum Gasteiger partial charge on any atom is -0.313 e. The lowest BCUT2D eigenvalue weighted by Gasteiger charge is -2.10. The minimum absolute atomic E-state index is 0.257. The third-order valence-electron chi connectivity index (χ3n) is 2.68. The molecule has 1 atom stereocenters. The Balaban J connectivity index is 2.44. The standard InChI is InChI=1S/C12H14ClN3/c1-8(14-2)11-7-15-16-12(11)9-4-3-5-10(13)6-9/h3-8,14H,1-2H3,(H,15,16). The van der Waals surface area contributed by atoms with Gasteiger partial charge in [-0.3, -0.25) is 5.10 Å². The third kappa shape index (κ3) is 2.10. The molecule has 0 fully saturated rings. The van der Waals surface area contributed by atoms with E-state index in [-0.39, 0.29) is 6.04 Å². The van der Waals surface area contributed by atoms with Crippen LogP contribution in [-0.2, 0) is 0 Å². The van der Waals surface area contributed by atoms with Gasteiger partial charge in [0, 0.05) is 22.2 Å². The lowest BCUT2D eigenvalue weighted by molar-refractivity contribution is 0.654. The number of H-pyrrole nitrogens is 1. The van der Waals surface area contributed by atoms with Crippen LogP contribution in [0.4, 0.5) is 0 Å². The van der Waals surface area contributed by atoms with Gasteiger partial charge in [-0.25, -0.2) is 0 Å². The summed E-state index contributed by atoms with van der Waals surface area (Å²) in [6.07, 6.45) is 1.84. The van der Waals surface area contributed by atoms with Crippen LogP contribution in [0, 0.1) is 0 Å². The van der Waals surface area contributed by atoms with E-state index in [1.165, 1.54) is 0 Å². The van der Waals surface area contributed by atoms with Gasteiger partial charge in [0.15, 0.2) is 0 Å². The molecule has 1 aromatic carbocycles. The molecular weight excluding hydrogens is 222 g/mol. The molecule has 0 aliphatic rings. The first-order chi connectivity index (χ1) is 7.72. The van der Waals surface area contributed by atoms with Crippen molar-refractivity contribution >= 4 is 11.6 Å². The van der Waals surface area contributed by atoms with Crippen LogP contribution in [0.15, 0.2) is 30.5 Å². The van der Waals surface area contributed by atoms with Gasteiger partial charge in [-0.05, 0) is 26.1 Å². The van der Waals surface area contributed by atoms with E-state index < -0.39 is 0 Å². The van der Waals surface area contributed by atoms with Crippen molar-refractivity contribution in [1.82, 2.24) is 15.5 Å². The molecule has 2 rings (SSSR count). The van der Waals surface area contributed by atoms with Crippen LogP contribution in [0.5, 0.6) is 0 Å². The number of hydrogen-bond donors (Lipinski definition) is 2. The summed E-state index contributed by atoms with van der Waals surface area (Å²) in [4.78, 5) is 0. The first-order valence-corrected chi connectivity index (χ1v) is 5.56. The van der Waals surface area contributed by atoms with E-state index in [9.17, 15) is 0 Å². The summed E-state index contributed by atoms with van der Waals surface area (Å²) in [7, 11) is 1.93. The molecule has 1 aromatic heterocycles. The number of hydrogen-bond acceptors (Lipinski definition) is 2. The average Bonchev–Trinajstić information content (AvgIpc) is 2.77. The van der Waals surface area contributed by atoms with Crippen molar-refractivity contribution in [3.8, 4) is 11.3 Å². The van der Waals surface area contributed by atoms with Crippen molar-refractivity contribution in [2.45, 2.75) is 13.0 Å².